The fourth-order valence-electron chi connectivity index (χ4n) is 2.29. The van der Waals surface area contributed by atoms with Crippen LogP contribution in [0.1, 0.15) is 22.8 Å². The lowest BCUT2D eigenvalue weighted by Crippen LogP contribution is -2.04. The molecule has 0 aromatic heterocycles. The van der Waals surface area contributed by atoms with Gasteiger partial charge < -0.3 is 14.6 Å². The summed E-state index contributed by atoms with van der Waals surface area (Å²) in [5, 5.41) is 10.5. The minimum atomic E-state index is -0.579. The molecule has 0 heterocycles. The number of hydrogen-bond donors (Lipinski definition) is 1. The second kappa shape index (κ2) is 7.59. The molecule has 2 rings (SSSR count). The molecule has 2 aromatic carbocycles. The molecule has 0 saturated carbocycles. The van der Waals surface area contributed by atoms with Crippen molar-refractivity contribution < 1.29 is 14.6 Å². The third-order valence-electron chi connectivity index (χ3n) is 3.30. The lowest BCUT2D eigenvalue weighted by molar-refractivity contribution is 0.174. The van der Waals surface area contributed by atoms with Crippen LogP contribution in [0.5, 0.6) is 5.75 Å². The van der Waals surface area contributed by atoms with Gasteiger partial charge in [-0.25, -0.2) is 0 Å². The van der Waals surface area contributed by atoms with Gasteiger partial charge in [0.05, 0.1) is 19.8 Å². The first kappa shape index (κ1) is 16.0. The molecule has 0 amide bonds. The minimum absolute atomic E-state index is 0.499. The Morgan fingerprint density at radius 1 is 1.14 bits per heavy atom. The zero-order valence-electron chi connectivity index (χ0n) is 12.2. The van der Waals surface area contributed by atoms with Crippen LogP contribution in [0.3, 0.4) is 0 Å². The highest BCUT2D eigenvalue weighted by Crippen LogP contribution is 2.28. The zero-order valence-corrected chi connectivity index (χ0v) is 13.8. The summed E-state index contributed by atoms with van der Waals surface area (Å²) < 4.78 is 11.4. The monoisotopic (exact) mass is 350 g/mol. The molecule has 4 heteroatoms. The molecule has 0 fully saturated rings. The summed E-state index contributed by atoms with van der Waals surface area (Å²) >= 11 is 3.45. The first-order valence-electron chi connectivity index (χ1n) is 6.72. The van der Waals surface area contributed by atoms with E-state index in [2.05, 4.69) is 15.9 Å². The second-order valence-corrected chi connectivity index (χ2v) is 5.77. The summed E-state index contributed by atoms with van der Waals surface area (Å²) in [5.74, 6) is 0.783. The molecule has 2 aromatic rings. The van der Waals surface area contributed by atoms with E-state index in [0.29, 0.717) is 13.0 Å². The number of rotatable bonds is 6. The van der Waals surface area contributed by atoms with E-state index in [1.807, 2.05) is 42.5 Å². The van der Waals surface area contributed by atoms with Gasteiger partial charge in [-0.2, -0.15) is 0 Å². The topological polar surface area (TPSA) is 38.7 Å². The standard InChI is InChI=1S/C17H19BrO3/c1-20-11-12-4-3-5-13(8-12)16(19)10-14-9-15(18)6-7-17(14)21-2/h3-9,16,19H,10-11H2,1-2H3. The van der Waals surface area contributed by atoms with Crippen molar-refractivity contribution in [1.29, 1.82) is 0 Å². The molecule has 0 aliphatic heterocycles. The van der Waals surface area contributed by atoms with E-state index in [9.17, 15) is 5.11 Å². The van der Waals surface area contributed by atoms with Gasteiger partial charge >= 0.3 is 0 Å². The number of benzene rings is 2. The fraction of sp³-hybridized carbons (Fsp3) is 0.294. The highest BCUT2D eigenvalue weighted by atomic mass is 79.9. The first-order valence-corrected chi connectivity index (χ1v) is 7.51. The largest absolute Gasteiger partial charge is 0.496 e. The Morgan fingerprint density at radius 3 is 2.67 bits per heavy atom. The SMILES string of the molecule is COCc1cccc(C(O)Cc2cc(Br)ccc2OC)c1. The van der Waals surface area contributed by atoms with Crippen LogP contribution in [0, 0.1) is 0 Å². The van der Waals surface area contributed by atoms with Crippen LogP contribution in [0.2, 0.25) is 0 Å². The van der Waals surface area contributed by atoms with Gasteiger partial charge in [0.1, 0.15) is 5.75 Å². The smallest absolute Gasteiger partial charge is 0.122 e. The van der Waals surface area contributed by atoms with Gasteiger partial charge in [-0.1, -0.05) is 40.2 Å². The maximum Gasteiger partial charge on any atom is 0.122 e. The highest BCUT2D eigenvalue weighted by molar-refractivity contribution is 9.10. The Kier molecular flexibility index (Phi) is 5.79. The summed E-state index contributed by atoms with van der Waals surface area (Å²) in [6.07, 6.45) is -0.0796. The van der Waals surface area contributed by atoms with Crippen LogP contribution in [-0.2, 0) is 17.8 Å². The summed E-state index contributed by atoms with van der Waals surface area (Å²) in [6, 6.07) is 13.6. The van der Waals surface area contributed by atoms with Crippen molar-refractivity contribution in [3.8, 4) is 5.75 Å². The maximum absolute atomic E-state index is 10.5. The molecule has 1 atom stereocenters. The Balaban J connectivity index is 2.19. The van der Waals surface area contributed by atoms with Crippen LogP contribution >= 0.6 is 15.9 Å². The van der Waals surface area contributed by atoms with E-state index >= 15 is 0 Å². The van der Waals surface area contributed by atoms with Gasteiger partial charge in [0, 0.05) is 18.0 Å². The summed E-state index contributed by atoms with van der Waals surface area (Å²) in [5.41, 5.74) is 2.90. The number of aliphatic hydroxyl groups excluding tert-OH is 1. The van der Waals surface area contributed by atoms with Crippen LogP contribution in [0.15, 0.2) is 46.9 Å². The number of aliphatic hydroxyl groups is 1. The highest BCUT2D eigenvalue weighted by Gasteiger charge is 2.13. The molecule has 0 saturated heterocycles. The molecule has 112 valence electrons. The number of methoxy groups -OCH3 is 2. The molecule has 0 aliphatic carbocycles. The fourth-order valence-corrected chi connectivity index (χ4v) is 2.70. The Morgan fingerprint density at radius 2 is 1.95 bits per heavy atom. The van der Waals surface area contributed by atoms with Crippen LogP contribution in [0.4, 0.5) is 0 Å². The van der Waals surface area contributed by atoms with E-state index in [1.165, 1.54) is 0 Å². The number of ether oxygens (including phenoxy) is 2. The Hall–Kier alpha value is -1.36. The third kappa shape index (κ3) is 4.30. The molecule has 0 radical (unpaired) electrons. The zero-order chi connectivity index (χ0) is 15.2. The first-order chi connectivity index (χ1) is 10.1. The van der Waals surface area contributed by atoms with E-state index < -0.39 is 6.10 Å². The summed E-state index contributed by atoms with van der Waals surface area (Å²) in [6.45, 7) is 0.542. The van der Waals surface area contributed by atoms with Crippen molar-refractivity contribution in [1.82, 2.24) is 0 Å². The minimum Gasteiger partial charge on any atom is -0.496 e. The molecule has 1 unspecified atom stereocenters. The van der Waals surface area contributed by atoms with Crippen molar-refractivity contribution >= 4 is 15.9 Å². The van der Waals surface area contributed by atoms with Gasteiger partial charge in [0.2, 0.25) is 0 Å². The van der Waals surface area contributed by atoms with E-state index in [4.69, 9.17) is 9.47 Å². The normalized spacial score (nSPS) is 12.2. The molecule has 21 heavy (non-hydrogen) atoms. The van der Waals surface area contributed by atoms with Crippen molar-refractivity contribution in [2.24, 2.45) is 0 Å². The van der Waals surface area contributed by atoms with Gasteiger partial charge in [0.15, 0.2) is 0 Å². The summed E-state index contributed by atoms with van der Waals surface area (Å²) in [4.78, 5) is 0. The van der Waals surface area contributed by atoms with E-state index in [0.717, 1.165) is 26.9 Å². The van der Waals surface area contributed by atoms with Crippen molar-refractivity contribution in [2.45, 2.75) is 19.1 Å². The maximum atomic E-state index is 10.5. The lowest BCUT2D eigenvalue weighted by atomic mass is 9.99. The van der Waals surface area contributed by atoms with E-state index in [-0.39, 0.29) is 0 Å². The Labute approximate surface area is 133 Å². The molecule has 1 N–H and O–H groups in total. The molecule has 0 aliphatic rings. The molecule has 3 nitrogen and oxygen atoms in total. The quantitative estimate of drug-likeness (QED) is 0.859. The number of halogens is 1. The van der Waals surface area contributed by atoms with Crippen LogP contribution in [0.25, 0.3) is 0 Å². The van der Waals surface area contributed by atoms with Crippen molar-refractivity contribution in [2.75, 3.05) is 14.2 Å². The average molecular weight is 351 g/mol. The van der Waals surface area contributed by atoms with E-state index in [1.54, 1.807) is 14.2 Å². The lowest BCUT2D eigenvalue weighted by Gasteiger charge is -2.15. The second-order valence-electron chi connectivity index (χ2n) is 4.85. The molecule has 0 bridgehead atoms. The van der Waals surface area contributed by atoms with Gasteiger partial charge in [-0.05, 0) is 34.9 Å². The predicted octanol–water partition coefficient (Wildman–Crippen LogP) is 3.88. The molecular weight excluding hydrogens is 332 g/mol. The molecular formula is C17H19BrO3. The average Bonchev–Trinajstić information content (AvgIpc) is 2.48. The number of hydrogen-bond acceptors (Lipinski definition) is 3. The molecule has 0 spiro atoms. The summed E-state index contributed by atoms with van der Waals surface area (Å²) in [7, 11) is 3.30. The van der Waals surface area contributed by atoms with Crippen LogP contribution < -0.4 is 4.74 Å². The van der Waals surface area contributed by atoms with Crippen molar-refractivity contribution in [3.05, 3.63) is 63.6 Å². The predicted molar refractivity (Wildman–Crippen MR) is 86.5 cm³/mol. The van der Waals surface area contributed by atoms with Gasteiger partial charge in [-0.15, -0.1) is 0 Å². The van der Waals surface area contributed by atoms with Gasteiger partial charge in [0.25, 0.3) is 0 Å². The third-order valence-corrected chi connectivity index (χ3v) is 3.80. The van der Waals surface area contributed by atoms with Gasteiger partial charge in [-0.3, -0.25) is 0 Å². The Bertz CT molecular complexity index is 598. The van der Waals surface area contributed by atoms with Crippen molar-refractivity contribution in [3.63, 3.8) is 0 Å². The van der Waals surface area contributed by atoms with Crippen LogP contribution in [-0.4, -0.2) is 19.3 Å².